The Morgan fingerprint density at radius 1 is 1.56 bits per heavy atom. The lowest BCUT2D eigenvalue weighted by molar-refractivity contribution is -0.0232. The minimum atomic E-state index is -0.372. The molecule has 0 aliphatic heterocycles. The van der Waals surface area contributed by atoms with Gasteiger partial charge in [-0.25, -0.2) is 0 Å². The smallest absolute Gasteiger partial charge is 0.0654 e. The molecule has 1 heterocycles. The largest absolute Gasteiger partial charge is 0.390 e. The van der Waals surface area contributed by atoms with Crippen molar-refractivity contribution in [2.24, 2.45) is 5.92 Å². The highest BCUT2D eigenvalue weighted by molar-refractivity contribution is 7.09. The van der Waals surface area contributed by atoms with Gasteiger partial charge in [0.1, 0.15) is 0 Å². The van der Waals surface area contributed by atoms with Gasteiger partial charge in [-0.1, -0.05) is 32.3 Å². The molecular weight excluding hydrogens is 216 g/mol. The zero-order valence-electron chi connectivity index (χ0n) is 10.1. The van der Waals surface area contributed by atoms with Crippen molar-refractivity contribution in [3.8, 4) is 0 Å². The Labute approximate surface area is 103 Å². The fourth-order valence-corrected chi connectivity index (χ4v) is 3.56. The van der Waals surface area contributed by atoms with E-state index < -0.39 is 0 Å². The molecule has 0 bridgehead atoms. The Morgan fingerprint density at radius 3 is 3.12 bits per heavy atom. The van der Waals surface area contributed by atoms with Gasteiger partial charge in [-0.2, -0.15) is 0 Å². The van der Waals surface area contributed by atoms with Crippen molar-refractivity contribution in [1.82, 2.24) is 0 Å². The first-order valence-corrected chi connectivity index (χ1v) is 7.34. The van der Waals surface area contributed by atoms with Crippen LogP contribution in [0.25, 0.3) is 0 Å². The Hall–Kier alpha value is -0.340. The van der Waals surface area contributed by atoms with Crippen molar-refractivity contribution in [3.63, 3.8) is 0 Å². The summed E-state index contributed by atoms with van der Waals surface area (Å²) in [7, 11) is 0. The lowest BCUT2D eigenvalue weighted by Gasteiger charge is -2.36. The maximum absolute atomic E-state index is 10.6. The van der Waals surface area contributed by atoms with Crippen LogP contribution in [0.1, 0.15) is 50.3 Å². The standard InChI is InChI=1S/C14H22OS/c1-2-12-5-3-8-14(15,11-12)9-7-13-6-4-10-16-13/h4,6,10,12,15H,2-3,5,7-9,11H2,1H3. The van der Waals surface area contributed by atoms with E-state index in [1.807, 2.05) is 0 Å². The van der Waals surface area contributed by atoms with Gasteiger partial charge < -0.3 is 5.11 Å². The molecule has 2 unspecified atom stereocenters. The fourth-order valence-electron chi connectivity index (χ4n) is 2.85. The Kier molecular flexibility index (Phi) is 4.04. The van der Waals surface area contributed by atoms with Gasteiger partial charge in [-0.3, -0.25) is 0 Å². The molecule has 90 valence electrons. The third kappa shape index (κ3) is 3.08. The van der Waals surface area contributed by atoms with Gasteiger partial charge in [-0.15, -0.1) is 11.3 Å². The number of hydrogen-bond donors (Lipinski definition) is 1. The van der Waals surface area contributed by atoms with E-state index in [9.17, 15) is 5.11 Å². The SMILES string of the molecule is CCC1CCCC(O)(CCc2cccs2)C1. The molecule has 1 saturated carbocycles. The average molecular weight is 238 g/mol. The second-order valence-electron chi connectivity index (χ2n) is 5.17. The van der Waals surface area contributed by atoms with Gasteiger partial charge in [-0.05, 0) is 43.0 Å². The summed E-state index contributed by atoms with van der Waals surface area (Å²) in [6.07, 6.45) is 7.77. The van der Waals surface area contributed by atoms with Crippen LogP contribution in [0.5, 0.6) is 0 Å². The molecular formula is C14H22OS. The van der Waals surface area contributed by atoms with Gasteiger partial charge in [0, 0.05) is 4.88 Å². The Morgan fingerprint density at radius 2 is 2.44 bits per heavy atom. The zero-order valence-corrected chi connectivity index (χ0v) is 10.9. The highest BCUT2D eigenvalue weighted by Gasteiger charge is 2.33. The van der Waals surface area contributed by atoms with E-state index in [1.165, 1.54) is 24.1 Å². The molecule has 1 aliphatic carbocycles. The molecule has 1 N–H and O–H groups in total. The van der Waals surface area contributed by atoms with Crippen molar-refractivity contribution in [2.45, 2.75) is 57.5 Å². The van der Waals surface area contributed by atoms with Crippen LogP contribution in [0.15, 0.2) is 17.5 Å². The van der Waals surface area contributed by atoms with Gasteiger partial charge in [0.25, 0.3) is 0 Å². The molecule has 0 spiro atoms. The summed E-state index contributed by atoms with van der Waals surface area (Å²) < 4.78 is 0. The average Bonchev–Trinajstić information content (AvgIpc) is 2.79. The maximum atomic E-state index is 10.6. The van der Waals surface area contributed by atoms with Gasteiger partial charge in [0.05, 0.1) is 5.60 Å². The summed E-state index contributed by atoms with van der Waals surface area (Å²) in [6.45, 7) is 2.25. The highest BCUT2D eigenvalue weighted by atomic mass is 32.1. The molecule has 2 rings (SSSR count). The fraction of sp³-hybridized carbons (Fsp3) is 0.714. The number of rotatable bonds is 4. The van der Waals surface area contributed by atoms with Crippen LogP contribution in [-0.2, 0) is 6.42 Å². The first kappa shape index (κ1) is 12.1. The van der Waals surface area contributed by atoms with E-state index >= 15 is 0 Å². The second kappa shape index (κ2) is 5.33. The number of aliphatic hydroxyl groups is 1. The summed E-state index contributed by atoms with van der Waals surface area (Å²) in [5.41, 5.74) is -0.372. The van der Waals surface area contributed by atoms with Crippen LogP contribution in [0, 0.1) is 5.92 Å². The summed E-state index contributed by atoms with van der Waals surface area (Å²) in [6, 6.07) is 4.27. The van der Waals surface area contributed by atoms with Crippen LogP contribution < -0.4 is 0 Å². The molecule has 0 amide bonds. The summed E-state index contributed by atoms with van der Waals surface area (Å²) in [4.78, 5) is 1.41. The maximum Gasteiger partial charge on any atom is 0.0654 e. The number of thiophene rings is 1. The van der Waals surface area contributed by atoms with Crippen molar-refractivity contribution in [1.29, 1.82) is 0 Å². The quantitative estimate of drug-likeness (QED) is 0.840. The minimum Gasteiger partial charge on any atom is -0.390 e. The topological polar surface area (TPSA) is 20.2 Å². The molecule has 1 aromatic rings. The molecule has 1 nitrogen and oxygen atoms in total. The van der Waals surface area contributed by atoms with E-state index in [-0.39, 0.29) is 5.60 Å². The summed E-state index contributed by atoms with van der Waals surface area (Å²) >= 11 is 1.81. The Bertz CT molecular complexity index is 307. The molecule has 0 aromatic carbocycles. The zero-order chi connectivity index (χ0) is 11.4. The van der Waals surface area contributed by atoms with Crippen LogP contribution in [0.3, 0.4) is 0 Å². The Balaban J connectivity index is 1.87. The van der Waals surface area contributed by atoms with E-state index in [4.69, 9.17) is 0 Å². The number of hydrogen-bond acceptors (Lipinski definition) is 2. The predicted octanol–water partition coefficient (Wildman–Crippen LogP) is 4.01. The van der Waals surface area contributed by atoms with Crippen LogP contribution in [0.2, 0.25) is 0 Å². The van der Waals surface area contributed by atoms with Gasteiger partial charge >= 0.3 is 0 Å². The van der Waals surface area contributed by atoms with E-state index in [1.54, 1.807) is 11.3 Å². The minimum absolute atomic E-state index is 0.372. The molecule has 0 saturated heterocycles. The first-order chi connectivity index (χ1) is 7.72. The third-order valence-corrected chi connectivity index (χ3v) is 4.85. The summed E-state index contributed by atoms with van der Waals surface area (Å²) in [5, 5.41) is 12.7. The van der Waals surface area contributed by atoms with E-state index in [0.717, 1.165) is 31.6 Å². The lowest BCUT2D eigenvalue weighted by atomic mass is 9.75. The van der Waals surface area contributed by atoms with Gasteiger partial charge in [0.2, 0.25) is 0 Å². The van der Waals surface area contributed by atoms with Crippen molar-refractivity contribution < 1.29 is 5.11 Å². The van der Waals surface area contributed by atoms with Crippen LogP contribution in [0.4, 0.5) is 0 Å². The van der Waals surface area contributed by atoms with E-state index in [2.05, 4.69) is 24.4 Å². The second-order valence-corrected chi connectivity index (χ2v) is 6.21. The molecule has 2 heteroatoms. The molecule has 0 radical (unpaired) electrons. The van der Waals surface area contributed by atoms with Crippen LogP contribution >= 0.6 is 11.3 Å². The monoisotopic (exact) mass is 238 g/mol. The van der Waals surface area contributed by atoms with Crippen molar-refractivity contribution in [2.75, 3.05) is 0 Å². The molecule has 2 atom stereocenters. The number of aryl methyl sites for hydroxylation is 1. The molecule has 16 heavy (non-hydrogen) atoms. The van der Waals surface area contributed by atoms with Gasteiger partial charge in [0.15, 0.2) is 0 Å². The highest BCUT2D eigenvalue weighted by Crippen LogP contribution is 2.37. The summed E-state index contributed by atoms with van der Waals surface area (Å²) in [5.74, 6) is 0.752. The first-order valence-electron chi connectivity index (χ1n) is 6.46. The van der Waals surface area contributed by atoms with E-state index in [0.29, 0.717) is 0 Å². The predicted molar refractivity (Wildman–Crippen MR) is 69.8 cm³/mol. The lowest BCUT2D eigenvalue weighted by Crippen LogP contribution is -2.35. The van der Waals surface area contributed by atoms with Crippen molar-refractivity contribution in [3.05, 3.63) is 22.4 Å². The molecule has 1 aliphatic rings. The molecule has 1 aromatic heterocycles. The normalized spacial score (nSPS) is 30.5. The molecule has 1 fully saturated rings. The third-order valence-electron chi connectivity index (χ3n) is 3.92. The van der Waals surface area contributed by atoms with Crippen LogP contribution in [-0.4, -0.2) is 10.7 Å². The van der Waals surface area contributed by atoms with Crippen molar-refractivity contribution >= 4 is 11.3 Å².